The lowest BCUT2D eigenvalue weighted by molar-refractivity contribution is 0.429. The Balaban J connectivity index is 2.08. The molecule has 1 unspecified atom stereocenters. The molecule has 2 aromatic heterocycles. The van der Waals surface area contributed by atoms with Crippen molar-refractivity contribution in [3.63, 3.8) is 0 Å². The Hall–Kier alpha value is -1.55. The summed E-state index contributed by atoms with van der Waals surface area (Å²) in [6.45, 7) is 5.08. The highest BCUT2D eigenvalue weighted by Gasteiger charge is 2.14. The number of furan rings is 1. The molecule has 0 saturated heterocycles. The van der Waals surface area contributed by atoms with Gasteiger partial charge in [-0.2, -0.15) is 0 Å². The van der Waals surface area contributed by atoms with E-state index in [4.69, 9.17) is 10.2 Å². The highest BCUT2D eigenvalue weighted by Crippen LogP contribution is 2.18. The molecule has 2 N–H and O–H groups in total. The van der Waals surface area contributed by atoms with Gasteiger partial charge in [0, 0.05) is 31.8 Å². The van der Waals surface area contributed by atoms with Crippen molar-refractivity contribution in [2.24, 2.45) is 5.73 Å². The Kier molecular flexibility index (Phi) is 3.64. The van der Waals surface area contributed by atoms with E-state index < -0.39 is 0 Å². The number of imidazole rings is 1. The first kappa shape index (κ1) is 11.9. The van der Waals surface area contributed by atoms with Gasteiger partial charge in [-0.25, -0.2) is 4.98 Å². The maximum Gasteiger partial charge on any atom is 0.121 e. The average molecular weight is 233 g/mol. The smallest absolute Gasteiger partial charge is 0.121 e. The van der Waals surface area contributed by atoms with Gasteiger partial charge in [-0.15, -0.1) is 0 Å². The molecular weight excluding hydrogens is 214 g/mol. The molecule has 2 aromatic rings. The van der Waals surface area contributed by atoms with Crippen LogP contribution < -0.4 is 5.73 Å². The van der Waals surface area contributed by atoms with Gasteiger partial charge in [0.15, 0.2) is 0 Å². The number of aromatic nitrogens is 2. The SMILES string of the molecule is CCc1ccc(C(N)Cc2nccn2CC)o1. The minimum absolute atomic E-state index is 0.122. The normalized spacial score (nSPS) is 12.9. The van der Waals surface area contributed by atoms with Crippen LogP contribution in [0.25, 0.3) is 0 Å². The van der Waals surface area contributed by atoms with Crippen molar-refractivity contribution in [2.45, 2.75) is 39.3 Å². The molecule has 0 aliphatic heterocycles. The first-order chi connectivity index (χ1) is 8.24. The van der Waals surface area contributed by atoms with Crippen LogP contribution in [-0.4, -0.2) is 9.55 Å². The zero-order valence-corrected chi connectivity index (χ0v) is 10.4. The van der Waals surface area contributed by atoms with E-state index in [1.54, 1.807) is 0 Å². The van der Waals surface area contributed by atoms with Crippen molar-refractivity contribution in [3.8, 4) is 0 Å². The molecule has 4 nitrogen and oxygen atoms in total. The highest BCUT2D eigenvalue weighted by atomic mass is 16.3. The first-order valence-corrected chi connectivity index (χ1v) is 6.08. The molecular formula is C13H19N3O. The van der Waals surface area contributed by atoms with E-state index in [1.165, 1.54) is 0 Å². The van der Waals surface area contributed by atoms with Gasteiger partial charge < -0.3 is 14.7 Å². The number of hydrogen-bond donors (Lipinski definition) is 1. The minimum atomic E-state index is -0.122. The molecule has 2 rings (SSSR count). The number of rotatable bonds is 5. The predicted molar refractivity (Wildman–Crippen MR) is 66.6 cm³/mol. The summed E-state index contributed by atoms with van der Waals surface area (Å²) in [7, 11) is 0. The standard InChI is InChI=1S/C13H19N3O/c1-3-10-5-6-12(17-10)11(14)9-13-15-7-8-16(13)4-2/h5-8,11H,3-4,9,14H2,1-2H3. The van der Waals surface area contributed by atoms with Crippen molar-refractivity contribution in [3.05, 3.63) is 41.9 Å². The van der Waals surface area contributed by atoms with Crippen LogP contribution in [0.3, 0.4) is 0 Å². The lowest BCUT2D eigenvalue weighted by atomic mass is 10.1. The largest absolute Gasteiger partial charge is 0.464 e. The summed E-state index contributed by atoms with van der Waals surface area (Å²) in [5.74, 6) is 2.83. The molecule has 0 fully saturated rings. The molecule has 0 aliphatic rings. The molecule has 4 heteroatoms. The van der Waals surface area contributed by atoms with Gasteiger partial charge in [0.25, 0.3) is 0 Å². The van der Waals surface area contributed by atoms with E-state index in [2.05, 4.69) is 23.4 Å². The summed E-state index contributed by atoms with van der Waals surface area (Å²) < 4.78 is 7.76. The maximum atomic E-state index is 6.13. The molecule has 17 heavy (non-hydrogen) atoms. The second kappa shape index (κ2) is 5.19. The van der Waals surface area contributed by atoms with Crippen LogP contribution in [0, 0.1) is 0 Å². The molecule has 0 aliphatic carbocycles. The van der Waals surface area contributed by atoms with E-state index >= 15 is 0 Å². The summed E-state index contributed by atoms with van der Waals surface area (Å²) >= 11 is 0. The van der Waals surface area contributed by atoms with Gasteiger partial charge in [-0.3, -0.25) is 0 Å². The summed E-state index contributed by atoms with van der Waals surface area (Å²) in [5, 5.41) is 0. The van der Waals surface area contributed by atoms with Crippen LogP contribution in [0.5, 0.6) is 0 Å². The van der Waals surface area contributed by atoms with Crippen molar-refractivity contribution in [1.29, 1.82) is 0 Å². The van der Waals surface area contributed by atoms with Crippen LogP contribution in [0.15, 0.2) is 28.9 Å². The van der Waals surface area contributed by atoms with Gasteiger partial charge in [-0.05, 0) is 19.1 Å². The highest BCUT2D eigenvalue weighted by molar-refractivity contribution is 5.12. The molecule has 0 saturated carbocycles. The molecule has 0 aromatic carbocycles. The average Bonchev–Trinajstić information content (AvgIpc) is 2.96. The Morgan fingerprint density at radius 2 is 2.24 bits per heavy atom. The van der Waals surface area contributed by atoms with E-state index in [1.807, 2.05) is 24.5 Å². The van der Waals surface area contributed by atoms with Gasteiger partial charge in [0.05, 0.1) is 6.04 Å². The Labute approximate surface area is 101 Å². The van der Waals surface area contributed by atoms with Crippen molar-refractivity contribution >= 4 is 0 Å². The lowest BCUT2D eigenvalue weighted by Gasteiger charge is -2.09. The van der Waals surface area contributed by atoms with Crippen LogP contribution in [0.2, 0.25) is 0 Å². The van der Waals surface area contributed by atoms with E-state index in [9.17, 15) is 0 Å². The zero-order valence-electron chi connectivity index (χ0n) is 10.4. The summed E-state index contributed by atoms with van der Waals surface area (Å²) in [4.78, 5) is 4.32. The second-order valence-electron chi connectivity index (χ2n) is 4.10. The fourth-order valence-electron chi connectivity index (χ4n) is 1.90. The topological polar surface area (TPSA) is 57.0 Å². The van der Waals surface area contributed by atoms with Crippen LogP contribution in [0.4, 0.5) is 0 Å². The number of nitrogens with zero attached hydrogens (tertiary/aromatic N) is 2. The number of hydrogen-bond acceptors (Lipinski definition) is 3. The zero-order chi connectivity index (χ0) is 12.3. The molecule has 92 valence electrons. The summed E-state index contributed by atoms with van der Waals surface area (Å²) in [5.41, 5.74) is 6.13. The molecule has 2 heterocycles. The van der Waals surface area contributed by atoms with Gasteiger partial charge in [0.1, 0.15) is 17.3 Å². The van der Waals surface area contributed by atoms with Crippen molar-refractivity contribution in [2.75, 3.05) is 0 Å². The fourth-order valence-corrected chi connectivity index (χ4v) is 1.90. The second-order valence-corrected chi connectivity index (χ2v) is 4.10. The fraction of sp³-hybridized carbons (Fsp3) is 0.462. The van der Waals surface area contributed by atoms with Crippen molar-refractivity contribution in [1.82, 2.24) is 9.55 Å². The minimum Gasteiger partial charge on any atom is -0.464 e. The van der Waals surface area contributed by atoms with Crippen LogP contribution in [0.1, 0.15) is 37.2 Å². The molecule has 0 amide bonds. The quantitative estimate of drug-likeness (QED) is 0.862. The van der Waals surface area contributed by atoms with Gasteiger partial charge in [0.2, 0.25) is 0 Å². The van der Waals surface area contributed by atoms with E-state index in [0.717, 1.165) is 30.3 Å². The Morgan fingerprint density at radius 1 is 1.41 bits per heavy atom. The third kappa shape index (κ3) is 2.58. The van der Waals surface area contributed by atoms with Gasteiger partial charge >= 0.3 is 0 Å². The molecule has 1 atom stereocenters. The number of nitrogens with two attached hydrogens (primary N) is 1. The maximum absolute atomic E-state index is 6.13. The summed E-state index contributed by atoms with van der Waals surface area (Å²) in [6, 6.07) is 3.83. The van der Waals surface area contributed by atoms with Gasteiger partial charge in [-0.1, -0.05) is 6.92 Å². The van der Waals surface area contributed by atoms with Crippen LogP contribution >= 0.6 is 0 Å². The monoisotopic (exact) mass is 233 g/mol. The first-order valence-electron chi connectivity index (χ1n) is 6.08. The molecule has 0 spiro atoms. The third-order valence-corrected chi connectivity index (χ3v) is 2.94. The number of aryl methyl sites for hydroxylation is 2. The van der Waals surface area contributed by atoms with Crippen LogP contribution in [-0.2, 0) is 19.4 Å². The van der Waals surface area contributed by atoms with E-state index in [0.29, 0.717) is 6.42 Å². The third-order valence-electron chi connectivity index (χ3n) is 2.94. The molecule has 0 bridgehead atoms. The predicted octanol–water partition coefficient (Wildman–Crippen LogP) is 2.30. The lowest BCUT2D eigenvalue weighted by Crippen LogP contribution is -2.15. The van der Waals surface area contributed by atoms with Crippen molar-refractivity contribution < 1.29 is 4.42 Å². The van der Waals surface area contributed by atoms with E-state index in [-0.39, 0.29) is 6.04 Å². The Bertz CT molecular complexity index is 472. The summed E-state index contributed by atoms with van der Waals surface area (Å²) in [6.07, 6.45) is 5.39. The Morgan fingerprint density at radius 3 is 2.88 bits per heavy atom. The molecule has 0 radical (unpaired) electrons.